The molecule has 6 rings (SSSR count). The lowest BCUT2D eigenvalue weighted by Crippen LogP contribution is -2.36. The number of hydrogen-bond donors (Lipinski definition) is 1. The number of benzene rings is 1. The van der Waals surface area contributed by atoms with Crippen molar-refractivity contribution in [2.45, 2.75) is 25.7 Å². The van der Waals surface area contributed by atoms with Crippen LogP contribution in [0.5, 0.6) is 5.75 Å². The Hall–Kier alpha value is -4.34. The highest BCUT2D eigenvalue weighted by molar-refractivity contribution is 5.98. The molecular weight excluding hydrogens is 488 g/mol. The average molecular weight is 516 g/mol. The third kappa shape index (κ3) is 4.57. The second-order valence-electron chi connectivity index (χ2n) is 9.45. The van der Waals surface area contributed by atoms with E-state index < -0.39 is 6.43 Å². The molecule has 0 unspecified atom stereocenters. The van der Waals surface area contributed by atoms with Crippen LogP contribution in [0, 0.1) is 0 Å². The van der Waals surface area contributed by atoms with Gasteiger partial charge in [0.15, 0.2) is 5.75 Å². The molecule has 1 aromatic carbocycles. The number of aromatic nitrogens is 4. The average Bonchev–Trinajstić information content (AvgIpc) is 3.51. The van der Waals surface area contributed by atoms with Crippen molar-refractivity contribution in [1.82, 2.24) is 19.7 Å². The van der Waals surface area contributed by atoms with Crippen LogP contribution in [-0.2, 0) is 19.9 Å². The van der Waals surface area contributed by atoms with Crippen LogP contribution in [0.2, 0.25) is 0 Å². The molecule has 194 valence electrons. The van der Waals surface area contributed by atoms with Gasteiger partial charge in [0.1, 0.15) is 5.69 Å². The highest BCUT2D eigenvalue weighted by Crippen LogP contribution is 2.42. The van der Waals surface area contributed by atoms with E-state index in [4.69, 9.17) is 9.72 Å². The number of rotatable bonds is 8. The first-order valence-electron chi connectivity index (χ1n) is 12.5. The number of anilines is 3. The van der Waals surface area contributed by atoms with Gasteiger partial charge in [0.25, 0.3) is 6.43 Å². The fourth-order valence-electron chi connectivity index (χ4n) is 4.79. The lowest BCUT2D eigenvalue weighted by molar-refractivity contribution is 0.224. The molecule has 1 fully saturated rings. The van der Waals surface area contributed by atoms with Crippen LogP contribution in [0.4, 0.5) is 31.5 Å². The first kappa shape index (κ1) is 24.0. The van der Waals surface area contributed by atoms with Crippen LogP contribution in [0.1, 0.15) is 23.5 Å². The summed E-state index contributed by atoms with van der Waals surface area (Å²) < 4.78 is 34.7. The van der Waals surface area contributed by atoms with E-state index in [2.05, 4.69) is 31.4 Å². The molecule has 0 aliphatic carbocycles. The van der Waals surface area contributed by atoms with Gasteiger partial charge >= 0.3 is 0 Å². The van der Waals surface area contributed by atoms with Crippen molar-refractivity contribution in [2.24, 2.45) is 12.0 Å². The molecule has 2 aliphatic heterocycles. The quantitative estimate of drug-likeness (QED) is 0.342. The van der Waals surface area contributed by atoms with E-state index in [0.29, 0.717) is 34.9 Å². The maximum absolute atomic E-state index is 13.6. The standard InChI is InChI=1S/C28H27F2N7O/c1-36-12-9-21(35-36)20-5-3-6-22(27(20)38-2)33-23-14-18(32-24-15-25(28(29)30)34-26(23)24)13-17-7-8-19(16-31-17)37-10-4-11-37/h3,5-9,12,14,16,28H,4,10-11,13,15H2,1-2H3,(H,32,33). The van der Waals surface area contributed by atoms with Crippen molar-refractivity contribution in [1.29, 1.82) is 0 Å². The molecule has 1 N–H and O–H groups in total. The number of aliphatic imine (C=N–C) groups is 1. The molecule has 0 saturated carbocycles. The second-order valence-corrected chi connectivity index (χ2v) is 9.45. The van der Waals surface area contributed by atoms with E-state index in [0.717, 1.165) is 41.4 Å². The summed E-state index contributed by atoms with van der Waals surface area (Å²) in [5.74, 6) is 0.595. The second kappa shape index (κ2) is 9.85. The molecule has 0 radical (unpaired) electrons. The summed E-state index contributed by atoms with van der Waals surface area (Å²) in [6, 6.07) is 13.5. The number of ether oxygens (including phenoxy) is 1. The SMILES string of the molecule is COc1c(Nc2cc(Cc3ccc(N4CCC4)cn3)nc3c2N=C(C(F)F)C3)cccc1-c1ccn(C)n1. The van der Waals surface area contributed by atoms with Gasteiger partial charge in [-0.3, -0.25) is 14.6 Å². The van der Waals surface area contributed by atoms with E-state index in [-0.39, 0.29) is 12.1 Å². The predicted octanol–water partition coefficient (Wildman–Crippen LogP) is 5.32. The molecule has 5 heterocycles. The molecule has 8 nitrogen and oxygen atoms in total. The van der Waals surface area contributed by atoms with Crippen LogP contribution in [0.25, 0.3) is 11.3 Å². The summed E-state index contributed by atoms with van der Waals surface area (Å²) in [4.78, 5) is 15.8. The van der Waals surface area contributed by atoms with E-state index in [1.807, 2.05) is 55.8 Å². The zero-order valence-corrected chi connectivity index (χ0v) is 21.2. The summed E-state index contributed by atoms with van der Waals surface area (Å²) >= 11 is 0. The highest BCUT2D eigenvalue weighted by atomic mass is 19.3. The molecule has 0 bridgehead atoms. The van der Waals surface area contributed by atoms with Crippen molar-refractivity contribution >= 4 is 28.5 Å². The number of fused-ring (bicyclic) bond motifs is 1. The molecule has 0 spiro atoms. The van der Waals surface area contributed by atoms with E-state index >= 15 is 0 Å². The number of halogens is 2. The molecule has 0 amide bonds. The van der Waals surface area contributed by atoms with Crippen molar-refractivity contribution in [3.05, 3.63) is 71.9 Å². The van der Waals surface area contributed by atoms with Crippen molar-refractivity contribution in [2.75, 3.05) is 30.4 Å². The van der Waals surface area contributed by atoms with Gasteiger partial charge < -0.3 is 15.0 Å². The number of alkyl halides is 2. The smallest absolute Gasteiger partial charge is 0.277 e. The maximum atomic E-state index is 13.6. The lowest BCUT2D eigenvalue weighted by Gasteiger charge is -2.32. The summed E-state index contributed by atoms with van der Waals surface area (Å²) in [5.41, 5.74) is 6.30. The van der Waals surface area contributed by atoms with Gasteiger partial charge in [0, 0.05) is 56.1 Å². The Balaban J connectivity index is 1.35. The number of hydrogen-bond acceptors (Lipinski definition) is 7. The Morgan fingerprint density at radius 2 is 1.95 bits per heavy atom. The molecule has 0 atom stereocenters. The molecule has 2 aliphatic rings. The minimum Gasteiger partial charge on any atom is -0.494 e. The van der Waals surface area contributed by atoms with Gasteiger partial charge in [-0.1, -0.05) is 6.07 Å². The van der Waals surface area contributed by atoms with Crippen molar-refractivity contribution < 1.29 is 13.5 Å². The summed E-state index contributed by atoms with van der Waals surface area (Å²) in [7, 11) is 3.45. The monoisotopic (exact) mass is 515 g/mol. The van der Waals surface area contributed by atoms with E-state index in [1.54, 1.807) is 11.8 Å². The topological polar surface area (TPSA) is 80.5 Å². The third-order valence-electron chi connectivity index (χ3n) is 6.84. The molecule has 3 aromatic heterocycles. The lowest BCUT2D eigenvalue weighted by atomic mass is 10.1. The van der Waals surface area contributed by atoms with Crippen molar-refractivity contribution in [3.63, 3.8) is 0 Å². The Labute approximate surface area is 219 Å². The number of nitrogens with zero attached hydrogens (tertiary/aromatic N) is 6. The Morgan fingerprint density at radius 3 is 2.61 bits per heavy atom. The van der Waals surface area contributed by atoms with E-state index in [1.165, 1.54) is 6.42 Å². The molecular formula is C28H27F2N7O. The van der Waals surface area contributed by atoms with Gasteiger partial charge in [-0.2, -0.15) is 5.10 Å². The van der Waals surface area contributed by atoms with Crippen LogP contribution >= 0.6 is 0 Å². The molecule has 4 aromatic rings. The predicted molar refractivity (Wildman–Crippen MR) is 143 cm³/mol. The molecule has 1 saturated heterocycles. The number of pyridine rings is 2. The van der Waals surface area contributed by atoms with Gasteiger partial charge in [-0.25, -0.2) is 13.8 Å². The fraction of sp³-hybridized carbons (Fsp3) is 0.286. The van der Waals surface area contributed by atoms with Crippen LogP contribution < -0.4 is 15.0 Å². The van der Waals surface area contributed by atoms with Gasteiger partial charge in [0.2, 0.25) is 0 Å². The molecule has 10 heteroatoms. The summed E-state index contributed by atoms with van der Waals surface area (Å²) in [6.45, 7) is 2.11. The zero-order chi connectivity index (χ0) is 26.2. The Bertz CT molecular complexity index is 1510. The zero-order valence-electron chi connectivity index (χ0n) is 21.2. The number of aryl methyl sites for hydroxylation is 1. The third-order valence-corrected chi connectivity index (χ3v) is 6.84. The number of methoxy groups -OCH3 is 1. The molecule has 38 heavy (non-hydrogen) atoms. The van der Waals surface area contributed by atoms with Crippen LogP contribution in [0.3, 0.4) is 0 Å². The van der Waals surface area contributed by atoms with Gasteiger partial charge in [-0.05, 0) is 42.8 Å². The first-order chi connectivity index (χ1) is 18.5. The van der Waals surface area contributed by atoms with Gasteiger partial charge in [-0.15, -0.1) is 0 Å². The summed E-state index contributed by atoms with van der Waals surface area (Å²) in [5, 5.41) is 7.88. The van der Waals surface area contributed by atoms with Crippen LogP contribution in [-0.4, -0.2) is 52.1 Å². The van der Waals surface area contributed by atoms with Crippen molar-refractivity contribution in [3.8, 4) is 17.0 Å². The number of nitrogens with one attached hydrogen (secondary N) is 1. The maximum Gasteiger partial charge on any atom is 0.277 e. The normalized spacial score (nSPS) is 14.3. The van der Waals surface area contributed by atoms with Crippen LogP contribution in [0.15, 0.2) is 59.9 Å². The summed E-state index contributed by atoms with van der Waals surface area (Å²) in [6.07, 6.45) is 2.79. The highest BCUT2D eigenvalue weighted by Gasteiger charge is 2.27. The fourth-order valence-corrected chi connectivity index (χ4v) is 4.79. The number of para-hydroxylation sites is 1. The minimum atomic E-state index is -2.64. The largest absolute Gasteiger partial charge is 0.494 e. The Morgan fingerprint density at radius 1 is 1.08 bits per heavy atom. The van der Waals surface area contributed by atoms with E-state index in [9.17, 15) is 8.78 Å². The van der Waals surface area contributed by atoms with Gasteiger partial charge in [0.05, 0.1) is 47.5 Å². The first-order valence-corrected chi connectivity index (χ1v) is 12.5. The Kier molecular flexibility index (Phi) is 6.22. The minimum absolute atomic E-state index is 0.0158.